The Bertz CT molecular complexity index is 886. The summed E-state index contributed by atoms with van der Waals surface area (Å²) in [5.41, 5.74) is -4.07. The lowest BCUT2D eigenvalue weighted by Crippen LogP contribution is -2.69. The number of halogens is 1. The number of anilines is 1. The standard InChI is InChI=1S/C24H37FN2O7/c1-22(2,3)24(21(33)34,10-9-19(30)31)27(23(4,5)6)20(32)16-7-8-18(17(25)15-16)26(11-13-28)12-14-29/h7-8,15,28-29H,9-14H2,1-6H3,(H,30,31)(H,33,34)/t24-/m0/s1. The first-order valence-electron chi connectivity index (χ1n) is 11.1. The van der Waals surface area contributed by atoms with Crippen LogP contribution in [0.4, 0.5) is 10.1 Å². The van der Waals surface area contributed by atoms with E-state index in [2.05, 4.69) is 0 Å². The number of benzene rings is 1. The first kappa shape index (κ1) is 29.3. The predicted octanol–water partition coefficient (Wildman–Crippen LogP) is 2.59. The highest BCUT2D eigenvalue weighted by Crippen LogP contribution is 2.44. The molecule has 1 aromatic carbocycles. The van der Waals surface area contributed by atoms with Gasteiger partial charge in [0, 0.05) is 30.6 Å². The average molecular weight is 485 g/mol. The van der Waals surface area contributed by atoms with Crippen LogP contribution >= 0.6 is 0 Å². The molecule has 0 aliphatic rings. The molecule has 0 spiro atoms. The maximum absolute atomic E-state index is 15.0. The molecule has 0 heterocycles. The van der Waals surface area contributed by atoms with Crippen molar-refractivity contribution in [3.05, 3.63) is 29.6 Å². The van der Waals surface area contributed by atoms with Crippen LogP contribution in [0.2, 0.25) is 0 Å². The zero-order valence-electron chi connectivity index (χ0n) is 20.8. The van der Waals surface area contributed by atoms with Gasteiger partial charge in [-0.1, -0.05) is 20.8 Å². The molecule has 9 nitrogen and oxygen atoms in total. The molecule has 0 radical (unpaired) electrons. The van der Waals surface area contributed by atoms with Crippen LogP contribution in [0.3, 0.4) is 0 Å². The summed E-state index contributed by atoms with van der Waals surface area (Å²) >= 11 is 0. The number of carboxylic acids is 2. The zero-order chi connectivity index (χ0) is 26.5. The fraction of sp³-hybridized carbons (Fsp3) is 0.625. The second kappa shape index (κ2) is 11.1. The minimum atomic E-state index is -1.91. The van der Waals surface area contributed by atoms with Gasteiger partial charge < -0.3 is 30.2 Å². The number of carboxylic acid groups (broad SMARTS) is 2. The third kappa shape index (κ3) is 6.24. The maximum atomic E-state index is 15.0. The molecule has 0 unspecified atom stereocenters. The van der Waals surface area contributed by atoms with Crippen molar-refractivity contribution in [2.45, 2.75) is 65.5 Å². The summed E-state index contributed by atoms with van der Waals surface area (Å²) in [6.07, 6.45) is -0.820. The van der Waals surface area contributed by atoms with E-state index in [1.807, 2.05) is 0 Å². The molecule has 0 aliphatic carbocycles. The first-order valence-corrected chi connectivity index (χ1v) is 11.1. The van der Waals surface area contributed by atoms with Gasteiger partial charge in [-0.3, -0.25) is 9.59 Å². The Morgan fingerprint density at radius 3 is 1.82 bits per heavy atom. The first-order chi connectivity index (χ1) is 15.5. The summed E-state index contributed by atoms with van der Waals surface area (Å²) in [6.45, 7) is 9.40. The van der Waals surface area contributed by atoms with Gasteiger partial charge in [-0.15, -0.1) is 0 Å². The summed E-state index contributed by atoms with van der Waals surface area (Å²) in [4.78, 5) is 40.5. The smallest absolute Gasteiger partial charge is 0.330 e. The molecule has 0 bridgehead atoms. The number of rotatable bonds is 11. The number of carbonyl (C=O) groups is 3. The van der Waals surface area contributed by atoms with Gasteiger partial charge in [0.2, 0.25) is 0 Å². The number of hydrogen-bond acceptors (Lipinski definition) is 6. The number of carbonyl (C=O) groups excluding carboxylic acids is 1. The van der Waals surface area contributed by atoms with Crippen LogP contribution in [-0.2, 0) is 9.59 Å². The van der Waals surface area contributed by atoms with Gasteiger partial charge in [0.05, 0.1) is 18.9 Å². The molecule has 1 atom stereocenters. The second-order valence-corrected chi connectivity index (χ2v) is 10.2. The summed E-state index contributed by atoms with van der Waals surface area (Å²) in [5, 5.41) is 38.1. The highest BCUT2D eigenvalue weighted by Gasteiger charge is 2.58. The Morgan fingerprint density at radius 2 is 1.47 bits per heavy atom. The van der Waals surface area contributed by atoms with Crippen LogP contribution in [-0.4, -0.2) is 80.6 Å². The highest BCUT2D eigenvalue weighted by molar-refractivity contribution is 5.99. The number of nitrogens with zero attached hydrogens (tertiary/aromatic N) is 2. The molecule has 34 heavy (non-hydrogen) atoms. The van der Waals surface area contributed by atoms with Crippen molar-refractivity contribution >= 4 is 23.5 Å². The van der Waals surface area contributed by atoms with Crippen molar-refractivity contribution in [3.8, 4) is 0 Å². The van der Waals surface area contributed by atoms with Gasteiger partial charge in [-0.25, -0.2) is 9.18 Å². The Balaban J connectivity index is 3.70. The lowest BCUT2D eigenvalue weighted by Gasteiger charge is -2.54. The number of aliphatic hydroxyl groups excluding tert-OH is 2. The fourth-order valence-corrected chi connectivity index (χ4v) is 4.30. The summed E-state index contributed by atoms with van der Waals surface area (Å²) < 4.78 is 15.0. The molecule has 0 saturated heterocycles. The van der Waals surface area contributed by atoms with E-state index in [1.165, 1.54) is 17.0 Å². The molecule has 1 rings (SSSR count). The lowest BCUT2D eigenvalue weighted by atomic mass is 9.67. The normalized spacial score (nSPS) is 13.8. The molecular weight excluding hydrogens is 447 g/mol. The second-order valence-electron chi connectivity index (χ2n) is 10.2. The molecule has 192 valence electrons. The van der Waals surface area contributed by atoms with E-state index in [1.54, 1.807) is 41.5 Å². The fourth-order valence-electron chi connectivity index (χ4n) is 4.30. The molecule has 0 fully saturated rings. The minimum Gasteiger partial charge on any atom is -0.481 e. The molecule has 1 aromatic rings. The van der Waals surface area contributed by atoms with E-state index < -0.39 is 46.6 Å². The Labute approximate surface area is 199 Å². The summed E-state index contributed by atoms with van der Waals surface area (Å²) in [7, 11) is 0. The van der Waals surface area contributed by atoms with Crippen molar-refractivity contribution in [2.75, 3.05) is 31.2 Å². The highest BCUT2D eigenvalue weighted by atomic mass is 19.1. The Morgan fingerprint density at radius 1 is 0.941 bits per heavy atom. The van der Waals surface area contributed by atoms with Gasteiger partial charge in [-0.05, 0) is 50.8 Å². The van der Waals surface area contributed by atoms with Crippen LogP contribution in [0.25, 0.3) is 0 Å². The summed E-state index contributed by atoms with van der Waals surface area (Å²) in [5.74, 6) is -4.07. The van der Waals surface area contributed by atoms with Crippen molar-refractivity contribution in [2.24, 2.45) is 5.41 Å². The average Bonchev–Trinajstić information content (AvgIpc) is 2.68. The number of amides is 1. The van der Waals surface area contributed by atoms with Crippen LogP contribution in [0, 0.1) is 11.2 Å². The van der Waals surface area contributed by atoms with E-state index in [-0.39, 0.29) is 44.0 Å². The minimum absolute atomic E-state index is 0.0697. The van der Waals surface area contributed by atoms with Crippen LogP contribution in [0.1, 0.15) is 64.7 Å². The van der Waals surface area contributed by atoms with E-state index in [4.69, 9.17) is 0 Å². The molecule has 1 amide bonds. The van der Waals surface area contributed by atoms with Crippen molar-refractivity contribution in [1.29, 1.82) is 0 Å². The number of aliphatic carboxylic acids is 2. The van der Waals surface area contributed by atoms with Crippen LogP contribution < -0.4 is 4.90 Å². The topological polar surface area (TPSA) is 139 Å². The van der Waals surface area contributed by atoms with Crippen LogP contribution in [0.15, 0.2) is 18.2 Å². The van der Waals surface area contributed by atoms with E-state index >= 15 is 4.39 Å². The van der Waals surface area contributed by atoms with Crippen molar-refractivity contribution in [1.82, 2.24) is 4.90 Å². The molecule has 0 saturated carbocycles. The number of hydrogen-bond donors (Lipinski definition) is 4. The lowest BCUT2D eigenvalue weighted by molar-refractivity contribution is -0.164. The van der Waals surface area contributed by atoms with E-state index in [0.29, 0.717) is 0 Å². The molecule has 10 heteroatoms. The Kier molecular flexibility index (Phi) is 9.60. The van der Waals surface area contributed by atoms with Crippen molar-refractivity contribution < 1.29 is 39.2 Å². The van der Waals surface area contributed by atoms with Crippen LogP contribution in [0.5, 0.6) is 0 Å². The third-order valence-corrected chi connectivity index (χ3v) is 5.83. The molecular formula is C24H37FN2O7. The monoisotopic (exact) mass is 484 g/mol. The van der Waals surface area contributed by atoms with Gasteiger partial charge in [-0.2, -0.15) is 0 Å². The SMILES string of the molecule is CC(C)(C)N(C(=O)c1ccc(N(CCO)CCO)c(F)c1)[C@@](CCC(=O)O)(C(=O)O)C(C)(C)C. The quantitative estimate of drug-likeness (QED) is 0.376. The van der Waals surface area contributed by atoms with Gasteiger partial charge in [0.1, 0.15) is 11.4 Å². The molecule has 4 N–H and O–H groups in total. The van der Waals surface area contributed by atoms with Gasteiger partial charge >= 0.3 is 11.9 Å². The van der Waals surface area contributed by atoms with Gasteiger partial charge in [0.15, 0.2) is 0 Å². The third-order valence-electron chi connectivity index (χ3n) is 5.83. The maximum Gasteiger partial charge on any atom is 0.330 e. The largest absolute Gasteiger partial charge is 0.481 e. The number of aliphatic hydroxyl groups is 2. The molecule has 0 aromatic heterocycles. The van der Waals surface area contributed by atoms with E-state index in [0.717, 1.165) is 11.0 Å². The van der Waals surface area contributed by atoms with Gasteiger partial charge in [0.25, 0.3) is 5.91 Å². The molecule has 0 aliphatic heterocycles. The zero-order valence-corrected chi connectivity index (χ0v) is 20.8. The van der Waals surface area contributed by atoms with E-state index in [9.17, 15) is 34.8 Å². The summed E-state index contributed by atoms with van der Waals surface area (Å²) in [6, 6.07) is 3.68. The Hall–Kier alpha value is -2.72. The predicted molar refractivity (Wildman–Crippen MR) is 125 cm³/mol. The van der Waals surface area contributed by atoms with Crippen molar-refractivity contribution in [3.63, 3.8) is 0 Å².